The van der Waals surface area contributed by atoms with E-state index in [2.05, 4.69) is 0 Å². The Hall–Kier alpha value is -2.09. The molecule has 42 heavy (non-hydrogen) atoms. The highest BCUT2D eigenvalue weighted by atomic mass is 16.6. The van der Waals surface area contributed by atoms with Gasteiger partial charge in [-0.3, -0.25) is 19.2 Å². The molecule has 0 radical (unpaired) electrons. The number of aliphatic hydroxyl groups excluding tert-OH is 3. The zero-order valence-electron chi connectivity index (χ0n) is 24.1. The average molecular weight is 591 g/mol. The van der Waals surface area contributed by atoms with Gasteiger partial charge in [-0.1, -0.05) is 13.8 Å². The zero-order chi connectivity index (χ0) is 30.9. The molecule has 230 valence electrons. The lowest BCUT2D eigenvalue weighted by Gasteiger charge is -2.64. The van der Waals surface area contributed by atoms with Gasteiger partial charge in [-0.2, -0.15) is 0 Å². The van der Waals surface area contributed by atoms with Crippen LogP contribution in [-0.2, 0) is 33.4 Å². The van der Waals surface area contributed by atoms with Gasteiger partial charge in [0.2, 0.25) is 0 Å². The maximum absolute atomic E-state index is 14.9. The van der Waals surface area contributed by atoms with Crippen LogP contribution in [0.25, 0.3) is 0 Å². The van der Waals surface area contributed by atoms with Crippen molar-refractivity contribution in [2.24, 2.45) is 51.8 Å². The second-order valence-corrected chi connectivity index (χ2v) is 14.7. The number of ketones is 4. The van der Waals surface area contributed by atoms with Crippen LogP contribution in [-0.4, -0.2) is 102 Å². The smallest absolute Gasteiger partial charge is 0.338 e. The fourth-order valence-corrected chi connectivity index (χ4v) is 11.6. The van der Waals surface area contributed by atoms with Crippen LogP contribution in [0.2, 0.25) is 0 Å². The Morgan fingerprint density at radius 3 is 2.17 bits per heavy atom. The fourth-order valence-electron chi connectivity index (χ4n) is 11.6. The first kappa shape index (κ1) is 28.7. The molecule has 5 N–H and O–H groups in total. The molecule has 5 saturated carbocycles. The van der Waals surface area contributed by atoms with Crippen LogP contribution in [0.4, 0.5) is 0 Å². The van der Waals surface area contributed by atoms with E-state index in [0.29, 0.717) is 0 Å². The number of rotatable bonds is 2. The summed E-state index contributed by atoms with van der Waals surface area (Å²) in [5, 5.41) is 58.6. The third-order valence-corrected chi connectivity index (χ3v) is 13.5. The SMILES string of the molecule is CC(=O)[C@@]12[C@H]3[C@H](C)CC4OC(=O)[C@@](C)(O)[C@]4(C)[C@@H]3C(=O)[C@H]1[C@@H]1C(=O)[C@H](O)[C@@]3(O)C[C@@H]4O[C@@H]4[C@H](O)[C@]3(C(C)=O)[C@H]1C[C@@H]2O. The number of fused-ring (bicyclic) bond motifs is 10. The molecule has 7 rings (SSSR count). The Kier molecular flexibility index (Phi) is 5.42. The Balaban J connectivity index is 1.48. The summed E-state index contributed by atoms with van der Waals surface area (Å²) < 4.78 is 11.1. The standard InChI is InChI=1S/C30H38O12/c1-9-6-15-26(4,27(5,39)25(38)42-15)19-17(9)29(10(2)31)14(33)7-12-16(18(29)21(19)35)20(34)23(36)28(40)8-13-22(41-13)24(37)30(12,28)11(3)32/h9,12-19,22-24,33,36-37,39-40H,6-8H2,1-5H3/t9-,12+,13+,14+,15?,16-,17+,18-,19+,22+,23+,24+,26+,27-,28+,29-,30+/m1/s1. The van der Waals surface area contributed by atoms with Gasteiger partial charge >= 0.3 is 5.97 Å². The van der Waals surface area contributed by atoms with Crippen molar-refractivity contribution < 1.29 is 59.0 Å². The van der Waals surface area contributed by atoms with Crippen molar-refractivity contribution in [2.75, 3.05) is 0 Å². The number of carbonyl (C=O) groups is 5. The lowest BCUT2D eigenvalue weighted by molar-refractivity contribution is -0.265. The van der Waals surface area contributed by atoms with Crippen LogP contribution < -0.4 is 0 Å². The summed E-state index contributed by atoms with van der Waals surface area (Å²) in [6, 6.07) is 0. The van der Waals surface area contributed by atoms with Gasteiger partial charge in [0.1, 0.15) is 41.3 Å². The van der Waals surface area contributed by atoms with E-state index in [4.69, 9.17) is 9.47 Å². The number of hydrogen-bond acceptors (Lipinski definition) is 12. The molecule has 0 aromatic rings. The van der Waals surface area contributed by atoms with Crippen molar-refractivity contribution in [3.63, 3.8) is 0 Å². The van der Waals surface area contributed by atoms with Crippen LogP contribution in [0.1, 0.15) is 53.9 Å². The van der Waals surface area contributed by atoms with Crippen LogP contribution in [0.15, 0.2) is 0 Å². The Morgan fingerprint density at radius 2 is 1.57 bits per heavy atom. The number of epoxide rings is 1. The Morgan fingerprint density at radius 1 is 0.929 bits per heavy atom. The van der Waals surface area contributed by atoms with E-state index in [-0.39, 0.29) is 19.3 Å². The molecule has 0 aromatic carbocycles. The highest BCUT2D eigenvalue weighted by Gasteiger charge is 2.86. The van der Waals surface area contributed by atoms with Crippen LogP contribution in [0.3, 0.4) is 0 Å². The van der Waals surface area contributed by atoms with Gasteiger partial charge in [-0.05, 0) is 51.4 Å². The van der Waals surface area contributed by atoms with E-state index in [1.807, 2.05) is 0 Å². The second-order valence-electron chi connectivity index (χ2n) is 14.7. The molecule has 0 spiro atoms. The number of Topliss-reactive ketones (excluding diaryl/α,β-unsaturated/α-hetero) is 4. The van der Waals surface area contributed by atoms with Crippen molar-refractivity contribution in [2.45, 2.75) is 102 Å². The van der Waals surface area contributed by atoms with E-state index < -0.39 is 129 Å². The van der Waals surface area contributed by atoms with Gasteiger partial charge in [0.15, 0.2) is 11.4 Å². The molecule has 1 unspecified atom stereocenters. The normalized spacial score (nSPS) is 60.8. The van der Waals surface area contributed by atoms with Gasteiger partial charge in [0.05, 0.1) is 34.6 Å². The van der Waals surface area contributed by atoms with Gasteiger partial charge in [-0.25, -0.2) is 4.79 Å². The molecule has 0 amide bonds. The largest absolute Gasteiger partial charge is 0.459 e. The quantitative estimate of drug-likeness (QED) is 0.184. The van der Waals surface area contributed by atoms with Gasteiger partial charge in [0, 0.05) is 24.2 Å². The third kappa shape index (κ3) is 2.60. The second kappa shape index (κ2) is 7.94. The summed E-state index contributed by atoms with van der Waals surface area (Å²) in [4.78, 5) is 69.5. The highest BCUT2D eigenvalue weighted by molar-refractivity contribution is 6.05. The van der Waals surface area contributed by atoms with E-state index in [1.54, 1.807) is 13.8 Å². The predicted octanol–water partition coefficient (Wildman–Crippen LogP) is -1.51. The number of esters is 1. The molecule has 7 fully saturated rings. The van der Waals surface area contributed by atoms with E-state index in [9.17, 15) is 49.5 Å². The molecule has 17 atom stereocenters. The number of aliphatic hydroxyl groups is 5. The van der Waals surface area contributed by atoms with E-state index >= 15 is 0 Å². The molecule has 0 bridgehead atoms. The molecular weight excluding hydrogens is 552 g/mol. The molecular formula is C30H38O12. The van der Waals surface area contributed by atoms with Crippen molar-refractivity contribution in [1.29, 1.82) is 0 Å². The number of hydrogen-bond donors (Lipinski definition) is 5. The van der Waals surface area contributed by atoms with Crippen molar-refractivity contribution in [3.8, 4) is 0 Å². The Labute approximate surface area is 241 Å². The molecule has 12 heteroatoms. The third-order valence-electron chi connectivity index (χ3n) is 13.5. The van der Waals surface area contributed by atoms with Crippen LogP contribution >= 0.6 is 0 Å². The zero-order valence-corrected chi connectivity index (χ0v) is 24.1. The van der Waals surface area contributed by atoms with Gasteiger partial charge < -0.3 is 35.0 Å². The van der Waals surface area contributed by atoms with Crippen LogP contribution in [0.5, 0.6) is 0 Å². The van der Waals surface area contributed by atoms with Gasteiger partial charge in [-0.15, -0.1) is 0 Å². The monoisotopic (exact) mass is 590 g/mol. The summed E-state index contributed by atoms with van der Waals surface area (Å²) in [6.45, 7) is 6.98. The summed E-state index contributed by atoms with van der Waals surface area (Å²) in [6.07, 6.45) is -8.30. The lowest BCUT2D eigenvalue weighted by Crippen LogP contribution is -2.80. The molecule has 12 nitrogen and oxygen atoms in total. The first-order chi connectivity index (χ1) is 19.4. The van der Waals surface area contributed by atoms with Crippen LogP contribution in [0, 0.1) is 51.8 Å². The summed E-state index contributed by atoms with van der Waals surface area (Å²) in [5.41, 5.74) is -10.1. The molecule has 2 aliphatic heterocycles. The molecule has 7 aliphatic rings. The molecule has 2 heterocycles. The summed E-state index contributed by atoms with van der Waals surface area (Å²) >= 11 is 0. The lowest BCUT2D eigenvalue weighted by atomic mass is 9.38. The summed E-state index contributed by atoms with van der Waals surface area (Å²) in [5.74, 6) is -10.7. The van der Waals surface area contributed by atoms with Crippen molar-refractivity contribution in [1.82, 2.24) is 0 Å². The maximum Gasteiger partial charge on any atom is 0.338 e. The Bertz CT molecular complexity index is 1360. The first-order valence-electron chi connectivity index (χ1n) is 14.8. The highest BCUT2D eigenvalue weighted by Crippen LogP contribution is 2.74. The van der Waals surface area contributed by atoms with E-state index in [0.717, 1.165) is 6.92 Å². The number of ether oxygens (including phenoxy) is 2. The number of carbonyl (C=O) groups excluding carboxylic acids is 5. The topological polar surface area (TPSA) is 208 Å². The van der Waals surface area contributed by atoms with Gasteiger partial charge in [0.25, 0.3) is 0 Å². The minimum atomic E-state index is -2.43. The molecule has 0 aromatic heterocycles. The molecule has 2 saturated heterocycles. The van der Waals surface area contributed by atoms with E-state index in [1.165, 1.54) is 13.8 Å². The fraction of sp³-hybridized carbons (Fsp3) is 0.833. The van der Waals surface area contributed by atoms with Crippen molar-refractivity contribution in [3.05, 3.63) is 0 Å². The first-order valence-corrected chi connectivity index (χ1v) is 14.8. The average Bonchev–Trinajstić information content (AvgIpc) is 3.56. The minimum Gasteiger partial charge on any atom is -0.459 e. The minimum absolute atomic E-state index is 0.197. The molecule has 5 aliphatic carbocycles. The van der Waals surface area contributed by atoms with Crippen molar-refractivity contribution >= 4 is 29.1 Å². The maximum atomic E-state index is 14.9. The predicted molar refractivity (Wildman–Crippen MR) is 137 cm³/mol. The summed E-state index contributed by atoms with van der Waals surface area (Å²) in [7, 11) is 0.